The van der Waals surface area contributed by atoms with Crippen molar-refractivity contribution in [1.82, 2.24) is 15.0 Å². The van der Waals surface area contributed by atoms with Crippen molar-refractivity contribution in [3.63, 3.8) is 0 Å². The van der Waals surface area contributed by atoms with Gasteiger partial charge in [-0.2, -0.15) is 4.98 Å². The molecule has 1 unspecified atom stereocenters. The molecule has 0 radical (unpaired) electrons. The average molecular weight is 459 g/mol. The van der Waals surface area contributed by atoms with Crippen LogP contribution in [0.15, 0.2) is 30.3 Å². The van der Waals surface area contributed by atoms with Crippen LogP contribution in [0.25, 0.3) is 11.2 Å². The first-order chi connectivity index (χ1) is 15.6. The summed E-state index contributed by atoms with van der Waals surface area (Å²) in [7, 11) is 0. The van der Waals surface area contributed by atoms with Gasteiger partial charge in [-0.1, -0.05) is 29.8 Å². The van der Waals surface area contributed by atoms with Crippen LogP contribution in [0.4, 0.5) is 5.82 Å². The van der Waals surface area contributed by atoms with E-state index in [4.69, 9.17) is 30.5 Å². The molecule has 0 bridgehead atoms. The number of imidazole rings is 1. The number of fused-ring (bicyclic) bond motifs is 3. The SMILES string of the molecule is O[C@@H]1CO[C@H]2[C@@H]1OC[C@H]2Oc1nc2nc(NCC3CCc4ccccc4O3)c(Cl)cc2[nH]1. The standard InChI is InChI=1S/C22H23ClN4O5/c23-13-7-14-21(27-22(25-14)32-17-10-30-18-15(28)9-29-19(17)18)26-20(13)24-8-12-6-5-11-3-1-2-4-16(11)31-12/h1-4,7,12,15,17-19,28H,5-6,8-10H2,(H2,24,25,26,27)/t12?,15-,17-,18-,19-/m1/s1. The molecule has 3 aromatic rings. The summed E-state index contributed by atoms with van der Waals surface area (Å²) in [4.78, 5) is 12.1. The van der Waals surface area contributed by atoms with Crippen molar-refractivity contribution in [2.45, 2.75) is 43.4 Å². The molecule has 1 aromatic carbocycles. The second-order valence-electron chi connectivity index (χ2n) is 8.32. The molecule has 0 amide bonds. The maximum Gasteiger partial charge on any atom is 0.296 e. The first-order valence-corrected chi connectivity index (χ1v) is 11.1. The van der Waals surface area contributed by atoms with Crippen molar-refractivity contribution in [2.75, 3.05) is 25.1 Å². The topological polar surface area (TPSA) is 111 Å². The molecule has 5 atom stereocenters. The molecule has 10 heteroatoms. The van der Waals surface area contributed by atoms with E-state index in [0.717, 1.165) is 18.6 Å². The van der Waals surface area contributed by atoms with Gasteiger partial charge in [-0.25, -0.2) is 4.98 Å². The predicted octanol–water partition coefficient (Wildman–Crippen LogP) is 2.32. The van der Waals surface area contributed by atoms with Crippen LogP contribution in [0.2, 0.25) is 5.02 Å². The van der Waals surface area contributed by atoms with Crippen LogP contribution in [-0.4, -0.2) is 70.3 Å². The number of aromatic amines is 1. The van der Waals surface area contributed by atoms with E-state index >= 15 is 0 Å². The van der Waals surface area contributed by atoms with E-state index in [-0.39, 0.29) is 31.0 Å². The van der Waals surface area contributed by atoms with Crippen LogP contribution < -0.4 is 14.8 Å². The summed E-state index contributed by atoms with van der Waals surface area (Å²) in [6.07, 6.45) is 0.295. The number of halogens is 1. The number of para-hydroxylation sites is 1. The summed E-state index contributed by atoms with van der Waals surface area (Å²) in [5.74, 6) is 1.48. The number of rotatable bonds is 5. The maximum atomic E-state index is 9.88. The molecule has 3 aliphatic rings. The Hall–Kier alpha value is -2.59. The molecule has 3 N–H and O–H groups in total. The first kappa shape index (κ1) is 20.0. The Balaban J connectivity index is 1.13. The lowest BCUT2D eigenvalue weighted by molar-refractivity contribution is 0.00706. The van der Waals surface area contributed by atoms with Gasteiger partial charge in [0.05, 0.1) is 30.3 Å². The Morgan fingerprint density at radius 1 is 1.19 bits per heavy atom. The number of aliphatic hydroxyl groups excluding tert-OH is 1. The normalized spacial score (nSPS) is 28.9. The number of hydrogen-bond acceptors (Lipinski definition) is 8. The number of nitrogens with zero attached hydrogens (tertiary/aromatic N) is 2. The number of aryl methyl sites for hydroxylation is 1. The molecule has 168 valence electrons. The second-order valence-corrected chi connectivity index (χ2v) is 8.73. The Morgan fingerprint density at radius 2 is 2.06 bits per heavy atom. The summed E-state index contributed by atoms with van der Waals surface area (Å²) in [6.45, 7) is 1.16. The highest BCUT2D eigenvalue weighted by Crippen LogP contribution is 2.31. The zero-order valence-electron chi connectivity index (χ0n) is 17.2. The Labute approximate surface area is 189 Å². The van der Waals surface area contributed by atoms with Crippen LogP contribution >= 0.6 is 11.6 Å². The van der Waals surface area contributed by atoms with E-state index < -0.39 is 6.10 Å². The molecule has 5 heterocycles. The molecule has 9 nitrogen and oxygen atoms in total. The lowest BCUT2D eigenvalue weighted by atomic mass is 10.0. The van der Waals surface area contributed by atoms with Crippen LogP contribution in [-0.2, 0) is 15.9 Å². The van der Waals surface area contributed by atoms with Crippen LogP contribution in [0.1, 0.15) is 12.0 Å². The molecular weight excluding hydrogens is 436 g/mol. The van der Waals surface area contributed by atoms with Crippen molar-refractivity contribution in [2.24, 2.45) is 0 Å². The number of aliphatic hydroxyl groups is 1. The third-order valence-electron chi connectivity index (χ3n) is 6.15. The van der Waals surface area contributed by atoms with Crippen molar-refractivity contribution in [1.29, 1.82) is 0 Å². The molecule has 32 heavy (non-hydrogen) atoms. The quantitative estimate of drug-likeness (QED) is 0.534. The Morgan fingerprint density at radius 3 is 3.00 bits per heavy atom. The van der Waals surface area contributed by atoms with Gasteiger partial charge >= 0.3 is 0 Å². The van der Waals surface area contributed by atoms with E-state index in [1.807, 2.05) is 18.2 Å². The van der Waals surface area contributed by atoms with Gasteiger partial charge in [0.1, 0.15) is 36.0 Å². The summed E-state index contributed by atoms with van der Waals surface area (Å²) in [5, 5.41) is 13.7. The molecule has 2 fully saturated rings. The van der Waals surface area contributed by atoms with Gasteiger partial charge in [0.2, 0.25) is 0 Å². The number of anilines is 1. The van der Waals surface area contributed by atoms with Crippen molar-refractivity contribution < 1.29 is 24.1 Å². The lowest BCUT2D eigenvalue weighted by Crippen LogP contribution is -2.34. The summed E-state index contributed by atoms with van der Waals surface area (Å²) in [5.41, 5.74) is 2.40. The van der Waals surface area contributed by atoms with Gasteiger partial charge in [0.15, 0.2) is 11.8 Å². The summed E-state index contributed by atoms with van der Waals surface area (Å²) >= 11 is 6.45. The minimum atomic E-state index is -0.625. The van der Waals surface area contributed by atoms with Crippen LogP contribution in [0, 0.1) is 0 Å². The highest BCUT2D eigenvalue weighted by atomic mass is 35.5. The number of pyridine rings is 1. The van der Waals surface area contributed by atoms with Gasteiger partial charge < -0.3 is 34.4 Å². The fourth-order valence-electron chi connectivity index (χ4n) is 4.50. The van der Waals surface area contributed by atoms with Crippen molar-refractivity contribution >= 4 is 28.6 Å². The smallest absolute Gasteiger partial charge is 0.296 e. The molecule has 6 rings (SSSR count). The molecule has 2 saturated heterocycles. The second kappa shape index (κ2) is 8.08. The summed E-state index contributed by atoms with van der Waals surface area (Å²) < 4.78 is 23.2. The Bertz CT molecular complexity index is 1140. The number of hydrogen-bond donors (Lipinski definition) is 3. The molecule has 2 aromatic heterocycles. The van der Waals surface area contributed by atoms with Crippen molar-refractivity contribution in [3.05, 3.63) is 40.9 Å². The third-order valence-corrected chi connectivity index (χ3v) is 6.44. The third kappa shape index (κ3) is 3.65. The first-order valence-electron chi connectivity index (χ1n) is 10.8. The van der Waals surface area contributed by atoms with Gasteiger partial charge in [-0.05, 0) is 30.5 Å². The van der Waals surface area contributed by atoms with E-state index in [0.29, 0.717) is 41.2 Å². The highest BCUT2D eigenvalue weighted by Gasteiger charge is 2.48. The minimum absolute atomic E-state index is 0.0358. The monoisotopic (exact) mass is 458 g/mol. The fourth-order valence-corrected chi connectivity index (χ4v) is 4.72. The van der Waals surface area contributed by atoms with Crippen molar-refractivity contribution in [3.8, 4) is 11.8 Å². The zero-order chi connectivity index (χ0) is 21.7. The number of H-pyrrole nitrogens is 1. The fraction of sp³-hybridized carbons (Fsp3) is 0.455. The zero-order valence-corrected chi connectivity index (χ0v) is 17.9. The summed E-state index contributed by atoms with van der Waals surface area (Å²) in [6, 6.07) is 10.2. The minimum Gasteiger partial charge on any atom is -0.488 e. The van der Waals surface area contributed by atoms with E-state index in [1.54, 1.807) is 6.07 Å². The van der Waals surface area contributed by atoms with Gasteiger partial charge in [0.25, 0.3) is 6.01 Å². The number of aromatic nitrogens is 3. The van der Waals surface area contributed by atoms with Gasteiger partial charge in [-0.3, -0.25) is 0 Å². The number of nitrogens with one attached hydrogen (secondary N) is 2. The van der Waals surface area contributed by atoms with Gasteiger partial charge in [-0.15, -0.1) is 0 Å². The predicted molar refractivity (Wildman–Crippen MR) is 116 cm³/mol. The van der Waals surface area contributed by atoms with Crippen LogP contribution in [0.3, 0.4) is 0 Å². The number of benzene rings is 1. The molecule has 0 spiro atoms. The molecule has 0 saturated carbocycles. The number of ether oxygens (including phenoxy) is 4. The van der Waals surface area contributed by atoms with E-state index in [2.05, 4.69) is 26.3 Å². The molecular formula is C22H23ClN4O5. The average Bonchev–Trinajstić information content (AvgIpc) is 3.49. The van der Waals surface area contributed by atoms with Gasteiger partial charge in [0, 0.05) is 0 Å². The lowest BCUT2D eigenvalue weighted by Gasteiger charge is -2.26. The maximum absolute atomic E-state index is 9.88. The molecule has 0 aliphatic carbocycles. The largest absolute Gasteiger partial charge is 0.488 e. The van der Waals surface area contributed by atoms with E-state index in [9.17, 15) is 5.11 Å². The highest BCUT2D eigenvalue weighted by molar-refractivity contribution is 6.33. The van der Waals surface area contributed by atoms with Crippen LogP contribution in [0.5, 0.6) is 11.8 Å². The Kier molecular flexibility index (Phi) is 5.06. The molecule has 3 aliphatic heterocycles. The van der Waals surface area contributed by atoms with E-state index in [1.165, 1.54) is 5.56 Å².